The highest BCUT2D eigenvalue weighted by molar-refractivity contribution is 5.81. The predicted octanol–water partition coefficient (Wildman–Crippen LogP) is 3.63. The zero-order valence-corrected chi connectivity index (χ0v) is 14.3. The summed E-state index contributed by atoms with van der Waals surface area (Å²) in [4.78, 5) is 8.10. The molecule has 0 amide bonds. The minimum absolute atomic E-state index is 0.476. The molecule has 3 rings (SSSR count). The molecule has 25 heavy (non-hydrogen) atoms. The molecule has 3 aromatic rings. The van der Waals surface area contributed by atoms with Gasteiger partial charge in [-0.3, -0.25) is 0 Å². The van der Waals surface area contributed by atoms with Gasteiger partial charge in [0.25, 0.3) is 0 Å². The van der Waals surface area contributed by atoms with Crippen LogP contribution < -0.4 is 9.47 Å². The van der Waals surface area contributed by atoms with Crippen molar-refractivity contribution < 1.29 is 9.47 Å². The molecule has 0 aliphatic carbocycles. The SMILES string of the molecule is Cc1ccc(OCCOc2ccc(C=Nc3ncn[nH]3)cc2)cc1C. The normalized spacial score (nSPS) is 11.0. The number of hydrogen-bond acceptors (Lipinski definition) is 5. The minimum Gasteiger partial charge on any atom is -0.490 e. The third-order valence-corrected chi connectivity index (χ3v) is 3.72. The van der Waals surface area contributed by atoms with E-state index >= 15 is 0 Å². The van der Waals surface area contributed by atoms with Gasteiger partial charge in [0.1, 0.15) is 31.0 Å². The maximum Gasteiger partial charge on any atom is 0.245 e. The second kappa shape index (κ2) is 8.10. The van der Waals surface area contributed by atoms with Crippen molar-refractivity contribution in [2.75, 3.05) is 13.2 Å². The van der Waals surface area contributed by atoms with E-state index < -0.39 is 0 Å². The summed E-state index contributed by atoms with van der Waals surface area (Å²) in [5.41, 5.74) is 3.44. The van der Waals surface area contributed by atoms with Crippen molar-refractivity contribution in [3.05, 3.63) is 65.5 Å². The van der Waals surface area contributed by atoms with Gasteiger partial charge in [-0.15, -0.1) is 0 Å². The number of aliphatic imine (C=N–C) groups is 1. The minimum atomic E-state index is 0.476. The van der Waals surface area contributed by atoms with E-state index in [1.165, 1.54) is 17.5 Å². The van der Waals surface area contributed by atoms with Crippen molar-refractivity contribution in [2.45, 2.75) is 13.8 Å². The number of aryl methyl sites for hydroxylation is 2. The first kappa shape index (κ1) is 16.7. The van der Waals surface area contributed by atoms with E-state index in [0.29, 0.717) is 19.2 Å². The lowest BCUT2D eigenvalue weighted by molar-refractivity contribution is 0.217. The van der Waals surface area contributed by atoms with E-state index in [9.17, 15) is 0 Å². The largest absolute Gasteiger partial charge is 0.490 e. The molecule has 0 radical (unpaired) electrons. The third-order valence-electron chi connectivity index (χ3n) is 3.72. The quantitative estimate of drug-likeness (QED) is 0.528. The first-order valence-corrected chi connectivity index (χ1v) is 8.03. The molecule has 2 aromatic carbocycles. The molecule has 128 valence electrons. The highest BCUT2D eigenvalue weighted by atomic mass is 16.5. The number of nitrogens with zero attached hydrogens (tertiary/aromatic N) is 3. The number of ether oxygens (including phenoxy) is 2. The fourth-order valence-corrected chi connectivity index (χ4v) is 2.17. The van der Waals surface area contributed by atoms with Crippen LogP contribution >= 0.6 is 0 Å². The number of aromatic nitrogens is 3. The molecular weight excluding hydrogens is 316 g/mol. The number of H-pyrrole nitrogens is 1. The van der Waals surface area contributed by atoms with Crippen LogP contribution in [0.3, 0.4) is 0 Å². The Balaban J connectivity index is 1.44. The van der Waals surface area contributed by atoms with Crippen molar-refractivity contribution >= 4 is 12.2 Å². The van der Waals surface area contributed by atoms with Gasteiger partial charge in [0.05, 0.1) is 0 Å². The Hall–Kier alpha value is -3.15. The maximum absolute atomic E-state index is 5.70. The topological polar surface area (TPSA) is 72.4 Å². The summed E-state index contributed by atoms with van der Waals surface area (Å²) in [6, 6.07) is 13.7. The Morgan fingerprint density at radius 1 is 0.960 bits per heavy atom. The molecule has 0 aliphatic rings. The van der Waals surface area contributed by atoms with Gasteiger partial charge in [0.2, 0.25) is 5.95 Å². The Morgan fingerprint density at radius 3 is 2.36 bits per heavy atom. The fourth-order valence-electron chi connectivity index (χ4n) is 2.17. The van der Waals surface area contributed by atoms with Gasteiger partial charge in [-0.2, -0.15) is 10.1 Å². The number of rotatable bonds is 7. The van der Waals surface area contributed by atoms with E-state index in [1.54, 1.807) is 6.21 Å². The second-order valence-electron chi connectivity index (χ2n) is 5.58. The van der Waals surface area contributed by atoms with Gasteiger partial charge in [0.15, 0.2) is 0 Å². The number of benzene rings is 2. The zero-order valence-electron chi connectivity index (χ0n) is 14.3. The molecule has 1 N–H and O–H groups in total. The molecular formula is C19H20N4O2. The fraction of sp³-hybridized carbons (Fsp3) is 0.211. The smallest absolute Gasteiger partial charge is 0.245 e. The van der Waals surface area contributed by atoms with Crippen molar-refractivity contribution in [3.8, 4) is 11.5 Å². The van der Waals surface area contributed by atoms with Crippen molar-refractivity contribution in [3.63, 3.8) is 0 Å². The average molecular weight is 336 g/mol. The lowest BCUT2D eigenvalue weighted by Crippen LogP contribution is -2.09. The standard InChI is InChI=1S/C19H20N4O2/c1-14-3-6-18(11-15(14)2)25-10-9-24-17-7-4-16(5-8-17)12-20-19-21-13-22-23-19/h3-8,11-13H,9-10H2,1-2H3,(H,21,22,23). The zero-order chi connectivity index (χ0) is 17.5. The van der Waals surface area contributed by atoms with E-state index in [1.807, 2.05) is 36.4 Å². The number of aromatic amines is 1. The van der Waals surface area contributed by atoms with Gasteiger partial charge in [-0.05, 0) is 66.9 Å². The van der Waals surface area contributed by atoms with Crippen molar-refractivity contribution in [1.82, 2.24) is 15.2 Å². The Kier molecular flexibility index (Phi) is 5.41. The van der Waals surface area contributed by atoms with Crippen LogP contribution in [0, 0.1) is 13.8 Å². The molecule has 0 unspecified atom stereocenters. The van der Waals surface area contributed by atoms with Crippen LogP contribution in [0.25, 0.3) is 0 Å². The summed E-state index contributed by atoms with van der Waals surface area (Å²) >= 11 is 0. The molecule has 0 saturated heterocycles. The van der Waals surface area contributed by atoms with Gasteiger partial charge in [0, 0.05) is 6.21 Å². The highest BCUT2D eigenvalue weighted by Crippen LogP contribution is 2.16. The molecule has 0 spiro atoms. The molecule has 1 aromatic heterocycles. The van der Waals surface area contributed by atoms with E-state index in [4.69, 9.17) is 9.47 Å². The third kappa shape index (κ3) is 4.91. The van der Waals surface area contributed by atoms with Crippen LogP contribution in [0.15, 0.2) is 53.8 Å². The van der Waals surface area contributed by atoms with Crippen LogP contribution in [0.2, 0.25) is 0 Å². The van der Waals surface area contributed by atoms with Crippen molar-refractivity contribution in [2.24, 2.45) is 4.99 Å². The van der Waals surface area contributed by atoms with Crippen LogP contribution in [0.1, 0.15) is 16.7 Å². The predicted molar refractivity (Wildman–Crippen MR) is 97.0 cm³/mol. The highest BCUT2D eigenvalue weighted by Gasteiger charge is 1.99. The Bertz CT molecular complexity index is 827. The summed E-state index contributed by atoms with van der Waals surface area (Å²) in [7, 11) is 0. The van der Waals surface area contributed by atoms with Gasteiger partial charge in [-0.1, -0.05) is 6.07 Å². The first-order chi connectivity index (χ1) is 12.2. The van der Waals surface area contributed by atoms with E-state index in [2.05, 4.69) is 40.1 Å². The summed E-state index contributed by atoms with van der Waals surface area (Å²) in [6.07, 6.45) is 3.14. The maximum atomic E-state index is 5.70. The van der Waals surface area contributed by atoms with Gasteiger partial charge in [-0.25, -0.2) is 10.1 Å². The molecule has 0 fully saturated rings. The monoisotopic (exact) mass is 336 g/mol. The molecule has 0 bridgehead atoms. The van der Waals surface area contributed by atoms with Gasteiger partial charge < -0.3 is 9.47 Å². The summed E-state index contributed by atoms with van der Waals surface area (Å²) in [5.74, 6) is 2.13. The number of nitrogens with one attached hydrogen (secondary N) is 1. The van der Waals surface area contributed by atoms with E-state index in [-0.39, 0.29) is 0 Å². The van der Waals surface area contributed by atoms with E-state index in [0.717, 1.165) is 17.1 Å². The summed E-state index contributed by atoms with van der Waals surface area (Å²) < 4.78 is 11.4. The Labute approximate surface area is 146 Å². The molecule has 0 saturated carbocycles. The van der Waals surface area contributed by atoms with Crippen LogP contribution in [0.5, 0.6) is 11.5 Å². The summed E-state index contributed by atoms with van der Waals surface area (Å²) in [5, 5.41) is 6.41. The Morgan fingerprint density at radius 2 is 1.68 bits per heavy atom. The molecule has 0 atom stereocenters. The van der Waals surface area contributed by atoms with Crippen LogP contribution in [-0.2, 0) is 0 Å². The molecule has 6 heteroatoms. The average Bonchev–Trinajstić information content (AvgIpc) is 3.14. The lowest BCUT2D eigenvalue weighted by atomic mass is 10.1. The van der Waals surface area contributed by atoms with Crippen LogP contribution in [-0.4, -0.2) is 34.6 Å². The molecule has 6 nitrogen and oxygen atoms in total. The number of hydrogen-bond donors (Lipinski definition) is 1. The lowest BCUT2D eigenvalue weighted by Gasteiger charge is -2.10. The van der Waals surface area contributed by atoms with Crippen LogP contribution in [0.4, 0.5) is 5.95 Å². The second-order valence-corrected chi connectivity index (χ2v) is 5.58. The summed E-state index contributed by atoms with van der Waals surface area (Å²) in [6.45, 7) is 5.14. The van der Waals surface area contributed by atoms with Gasteiger partial charge >= 0.3 is 0 Å². The first-order valence-electron chi connectivity index (χ1n) is 8.03. The molecule has 1 heterocycles. The molecule has 0 aliphatic heterocycles. The van der Waals surface area contributed by atoms with Crippen molar-refractivity contribution in [1.29, 1.82) is 0 Å².